The van der Waals surface area contributed by atoms with Gasteiger partial charge in [0.25, 0.3) is 0 Å². The van der Waals surface area contributed by atoms with Crippen molar-refractivity contribution in [3.8, 4) is 16.6 Å². The van der Waals surface area contributed by atoms with Gasteiger partial charge in [0.05, 0.1) is 16.1 Å². The van der Waals surface area contributed by atoms with Crippen LogP contribution in [-0.4, -0.2) is 16.1 Å². The average molecular weight is 352 g/mol. The molecule has 2 heterocycles. The molecule has 0 aliphatic heterocycles. The monoisotopic (exact) mass is 352 g/mol. The standard InChI is InChI=1S/C18H12N2O2S2/c19-11-13-8-9-14(15-7-4-10-23-15)20-17(13)24-16(18(21)22)12-5-2-1-3-6-12/h1-10,16H,(H,21,22). The zero-order valence-corrected chi connectivity index (χ0v) is 14.1. The SMILES string of the molecule is N#Cc1ccc(-c2cccs2)nc1SC(C(=O)O)c1ccccc1. The molecule has 2 aromatic heterocycles. The summed E-state index contributed by atoms with van der Waals surface area (Å²) in [5.41, 5.74) is 1.79. The number of carboxylic acid groups (broad SMARTS) is 1. The molecule has 6 heteroatoms. The minimum atomic E-state index is -0.960. The highest BCUT2D eigenvalue weighted by Gasteiger charge is 2.23. The van der Waals surface area contributed by atoms with Crippen LogP contribution in [0.25, 0.3) is 10.6 Å². The summed E-state index contributed by atoms with van der Waals surface area (Å²) in [6, 6.07) is 18.4. The molecule has 1 unspecified atom stereocenters. The van der Waals surface area contributed by atoms with Gasteiger partial charge in [-0.2, -0.15) is 5.26 Å². The van der Waals surface area contributed by atoms with Crippen LogP contribution in [0.5, 0.6) is 0 Å². The number of nitrogens with zero attached hydrogens (tertiary/aromatic N) is 2. The second-order valence-electron chi connectivity index (χ2n) is 4.89. The molecule has 0 aliphatic rings. The van der Waals surface area contributed by atoms with Crippen LogP contribution in [0.4, 0.5) is 0 Å². The summed E-state index contributed by atoms with van der Waals surface area (Å²) < 4.78 is 0. The number of rotatable bonds is 5. The van der Waals surface area contributed by atoms with Gasteiger partial charge in [-0.05, 0) is 29.1 Å². The van der Waals surface area contributed by atoms with Crippen molar-refractivity contribution in [3.05, 3.63) is 71.1 Å². The van der Waals surface area contributed by atoms with E-state index in [4.69, 9.17) is 0 Å². The molecule has 24 heavy (non-hydrogen) atoms. The van der Waals surface area contributed by atoms with Gasteiger partial charge in [-0.3, -0.25) is 4.79 Å². The fourth-order valence-corrected chi connectivity index (χ4v) is 3.88. The first-order valence-electron chi connectivity index (χ1n) is 7.08. The van der Waals surface area contributed by atoms with Crippen LogP contribution in [0.1, 0.15) is 16.4 Å². The van der Waals surface area contributed by atoms with Gasteiger partial charge in [-0.25, -0.2) is 4.98 Å². The lowest BCUT2D eigenvalue weighted by Crippen LogP contribution is -2.08. The van der Waals surface area contributed by atoms with Crippen LogP contribution >= 0.6 is 23.1 Å². The van der Waals surface area contributed by atoms with Gasteiger partial charge in [-0.15, -0.1) is 11.3 Å². The number of aliphatic carboxylic acids is 1. The van der Waals surface area contributed by atoms with E-state index in [0.717, 1.165) is 22.3 Å². The van der Waals surface area contributed by atoms with Crippen LogP contribution in [0.3, 0.4) is 0 Å². The lowest BCUT2D eigenvalue weighted by molar-refractivity contribution is -0.136. The Morgan fingerprint density at radius 3 is 2.58 bits per heavy atom. The summed E-state index contributed by atoms with van der Waals surface area (Å²) in [7, 11) is 0. The lowest BCUT2D eigenvalue weighted by atomic mass is 10.1. The number of aromatic nitrogens is 1. The molecule has 0 fully saturated rings. The number of carbonyl (C=O) groups is 1. The quantitative estimate of drug-likeness (QED) is 0.679. The van der Waals surface area contributed by atoms with E-state index in [1.54, 1.807) is 47.7 Å². The smallest absolute Gasteiger partial charge is 0.321 e. The topological polar surface area (TPSA) is 74.0 Å². The van der Waals surface area contributed by atoms with E-state index in [9.17, 15) is 15.2 Å². The van der Waals surface area contributed by atoms with E-state index in [1.807, 2.05) is 23.6 Å². The molecular formula is C18H12N2O2S2. The van der Waals surface area contributed by atoms with Gasteiger partial charge >= 0.3 is 5.97 Å². The second kappa shape index (κ2) is 7.30. The van der Waals surface area contributed by atoms with Crippen molar-refractivity contribution in [2.75, 3.05) is 0 Å². The van der Waals surface area contributed by atoms with E-state index >= 15 is 0 Å². The number of benzene rings is 1. The van der Waals surface area contributed by atoms with Gasteiger partial charge in [0.15, 0.2) is 0 Å². The Morgan fingerprint density at radius 1 is 1.17 bits per heavy atom. The third-order valence-electron chi connectivity index (χ3n) is 3.31. The largest absolute Gasteiger partial charge is 0.480 e. The Labute approximate surface area is 147 Å². The van der Waals surface area contributed by atoms with Crippen LogP contribution in [0, 0.1) is 11.3 Å². The molecule has 0 saturated heterocycles. The minimum Gasteiger partial charge on any atom is -0.480 e. The number of nitriles is 1. The van der Waals surface area contributed by atoms with Gasteiger partial charge in [0, 0.05) is 0 Å². The Balaban J connectivity index is 1.99. The van der Waals surface area contributed by atoms with E-state index in [1.165, 1.54) is 0 Å². The molecule has 0 spiro atoms. The van der Waals surface area contributed by atoms with Crippen molar-refractivity contribution in [2.24, 2.45) is 0 Å². The Morgan fingerprint density at radius 2 is 1.96 bits per heavy atom. The summed E-state index contributed by atoms with van der Waals surface area (Å²) in [5, 5.41) is 20.5. The Kier molecular flexibility index (Phi) is 4.94. The maximum Gasteiger partial charge on any atom is 0.321 e. The molecular weight excluding hydrogens is 340 g/mol. The van der Waals surface area contributed by atoms with E-state index in [0.29, 0.717) is 16.2 Å². The highest BCUT2D eigenvalue weighted by atomic mass is 32.2. The zero-order valence-electron chi connectivity index (χ0n) is 12.4. The summed E-state index contributed by atoms with van der Waals surface area (Å²) in [6.45, 7) is 0. The highest BCUT2D eigenvalue weighted by molar-refractivity contribution is 8.00. The van der Waals surface area contributed by atoms with E-state index in [-0.39, 0.29) is 0 Å². The molecule has 1 atom stereocenters. The van der Waals surface area contributed by atoms with Crippen LogP contribution in [0.15, 0.2) is 65.0 Å². The number of hydrogen-bond donors (Lipinski definition) is 1. The van der Waals surface area contributed by atoms with Crippen molar-refractivity contribution in [1.29, 1.82) is 5.26 Å². The normalized spacial score (nSPS) is 11.6. The Hall–Kier alpha value is -2.62. The number of thioether (sulfide) groups is 1. The molecule has 0 amide bonds. The summed E-state index contributed by atoms with van der Waals surface area (Å²) in [6.07, 6.45) is 0. The Bertz CT molecular complexity index is 887. The zero-order chi connectivity index (χ0) is 16.9. The van der Waals surface area contributed by atoms with E-state index in [2.05, 4.69) is 11.1 Å². The van der Waals surface area contributed by atoms with Crippen molar-refractivity contribution in [1.82, 2.24) is 4.98 Å². The fraction of sp³-hybridized carbons (Fsp3) is 0.0556. The van der Waals surface area contributed by atoms with Crippen LogP contribution < -0.4 is 0 Å². The summed E-state index contributed by atoms with van der Waals surface area (Å²) in [5.74, 6) is -0.960. The van der Waals surface area contributed by atoms with E-state index < -0.39 is 11.2 Å². The molecule has 4 nitrogen and oxygen atoms in total. The molecule has 118 valence electrons. The van der Waals surface area contributed by atoms with Crippen molar-refractivity contribution < 1.29 is 9.90 Å². The van der Waals surface area contributed by atoms with Crippen LogP contribution in [0.2, 0.25) is 0 Å². The summed E-state index contributed by atoms with van der Waals surface area (Å²) in [4.78, 5) is 17.2. The first-order valence-corrected chi connectivity index (χ1v) is 8.84. The first-order chi connectivity index (χ1) is 11.7. The van der Waals surface area contributed by atoms with Crippen molar-refractivity contribution in [2.45, 2.75) is 10.3 Å². The maximum absolute atomic E-state index is 11.7. The number of thiophene rings is 1. The van der Waals surface area contributed by atoms with Crippen molar-refractivity contribution in [3.63, 3.8) is 0 Å². The third kappa shape index (κ3) is 3.48. The molecule has 0 radical (unpaired) electrons. The van der Waals surface area contributed by atoms with Crippen LogP contribution in [-0.2, 0) is 4.79 Å². The second-order valence-corrected chi connectivity index (χ2v) is 6.93. The first kappa shape index (κ1) is 16.2. The van der Waals surface area contributed by atoms with Gasteiger partial charge < -0.3 is 5.11 Å². The maximum atomic E-state index is 11.7. The van der Waals surface area contributed by atoms with Gasteiger partial charge in [0.2, 0.25) is 0 Å². The summed E-state index contributed by atoms with van der Waals surface area (Å²) >= 11 is 2.63. The molecule has 0 saturated carbocycles. The number of hydrogen-bond acceptors (Lipinski definition) is 5. The number of pyridine rings is 1. The molecule has 1 N–H and O–H groups in total. The van der Waals surface area contributed by atoms with Gasteiger partial charge in [0.1, 0.15) is 16.3 Å². The molecule has 1 aromatic carbocycles. The molecule has 0 bridgehead atoms. The third-order valence-corrected chi connectivity index (χ3v) is 5.45. The highest BCUT2D eigenvalue weighted by Crippen LogP contribution is 2.37. The predicted molar refractivity (Wildman–Crippen MR) is 94.9 cm³/mol. The minimum absolute atomic E-state index is 0.377. The average Bonchev–Trinajstić information content (AvgIpc) is 3.14. The molecule has 3 rings (SSSR count). The lowest BCUT2D eigenvalue weighted by Gasteiger charge is -2.13. The number of carboxylic acids is 1. The van der Waals surface area contributed by atoms with Crippen molar-refractivity contribution >= 4 is 29.1 Å². The van der Waals surface area contributed by atoms with Gasteiger partial charge in [-0.1, -0.05) is 48.2 Å². The molecule has 0 aliphatic carbocycles. The fourth-order valence-electron chi connectivity index (χ4n) is 2.18. The predicted octanol–water partition coefficient (Wildman–Crippen LogP) is 4.60. The molecule has 3 aromatic rings.